The molecule has 24 heavy (non-hydrogen) atoms. The first-order chi connectivity index (χ1) is 11.5. The van der Waals surface area contributed by atoms with E-state index in [-0.39, 0.29) is 11.8 Å². The van der Waals surface area contributed by atoms with Crippen LogP contribution in [0.25, 0.3) is 0 Å². The summed E-state index contributed by atoms with van der Waals surface area (Å²) in [7, 11) is 1.65. The number of benzene rings is 1. The molecular weight excluding hydrogens is 342 g/mol. The van der Waals surface area contributed by atoms with Gasteiger partial charge in [-0.1, -0.05) is 43.9 Å². The maximum atomic E-state index is 12.6. The highest BCUT2D eigenvalue weighted by Gasteiger charge is 2.17. The second-order valence-corrected chi connectivity index (χ2v) is 8.06. The number of aryl methyl sites for hydroxylation is 1. The molecule has 0 aliphatic carbocycles. The van der Waals surface area contributed by atoms with Crippen LogP contribution in [0.2, 0.25) is 0 Å². The number of amides is 1. The van der Waals surface area contributed by atoms with Crippen LogP contribution in [0.4, 0.5) is 5.13 Å². The molecule has 1 aromatic heterocycles. The van der Waals surface area contributed by atoms with Crippen molar-refractivity contribution in [2.45, 2.75) is 44.4 Å². The fraction of sp³-hybridized carbons (Fsp3) is 0.471. The number of hydrogen-bond donors (Lipinski definition) is 1. The molecule has 1 N–H and O–H groups in total. The van der Waals surface area contributed by atoms with Gasteiger partial charge in [0.1, 0.15) is 5.75 Å². The van der Waals surface area contributed by atoms with Gasteiger partial charge in [-0.25, -0.2) is 0 Å². The average molecular weight is 366 g/mol. The van der Waals surface area contributed by atoms with Gasteiger partial charge < -0.3 is 4.74 Å². The van der Waals surface area contributed by atoms with E-state index in [1.54, 1.807) is 18.9 Å². The minimum Gasteiger partial charge on any atom is -0.496 e. The number of nitrogens with one attached hydrogen (secondary N) is 1. The molecule has 2 rings (SSSR count). The fourth-order valence-electron chi connectivity index (χ4n) is 2.24. The summed E-state index contributed by atoms with van der Waals surface area (Å²) >= 11 is 3.06. The van der Waals surface area contributed by atoms with Gasteiger partial charge in [-0.05, 0) is 42.5 Å². The molecule has 1 aromatic carbocycles. The van der Waals surface area contributed by atoms with Crippen molar-refractivity contribution in [1.82, 2.24) is 10.2 Å². The molecule has 1 heterocycles. The quantitative estimate of drug-likeness (QED) is 0.567. The molecule has 0 atom stereocenters. The normalized spacial score (nSPS) is 10.9. The molecule has 130 valence electrons. The van der Waals surface area contributed by atoms with Crippen molar-refractivity contribution in [3.8, 4) is 5.75 Å². The summed E-state index contributed by atoms with van der Waals surface area (Å²) in [6.07, 6.45) is 1.08. The lowest BCUT2D eigenvalue weighted by molar-refractivity contribution is 0.102. The highest BCUT2D eigenvalue weighted by atomic mass is 32.2. The number of nitrogens with zero attached hydrogens (tertiary/aromatic N) is 2. The largest absolute Gasteiger partial charge is 0.496 e. The Kier molecular flexibility index (Phi) is 6.62. The summed E-state index contributed by atoms with van der Waals surface area (Å²) in [5.41, 5.74) is 2.53. The molecule has 0 aliphatic heterocycles. The first-order valence-electron chi connectivity index (χ1n) is 7.92. The summed E-state index contributed by atoms with van der Waals surface area (Å²) in [4.78, 5) is 12.6. The molecule has 2 aromatic rings. The Labute approximate surface area is 151 Å². The second kappa shape index (κ2) is 8.48. The van der Waals surface area contributed by atoms with Crippen molar-refractivity contribution >= 4 is 34.1 Å². The van der Waals surface area contributed by atoms with Gasteiger partial charge >= 0.3 is 0 Å². The maximum Gasteiger partial charge on any atom is 0.257 e. The van der Waals surface area contributed by atoms with E-state index >= 15 is 0 Å². The van der Waals surface area contributed by atoms with E-state index in [0.717, 1.165) is 33.4 Å². The van der Waals surface area contributed by atoms with Crippen LogP contribution < -0.4 is 10.1 Å². The Morgan fingerprint density at radius 2 is 2.12 bits per heavy atom. The van der Waals surface area contributed by atoms with E-state index in [1.165, 1.54) is 11.3 Å². The third kappa shape index (κ3) is 4.48. The number of carbonyl (C=O) groups is 1. The number of aromatic nitrogens is 2. The molecule has 0 saturated carbocycles. The second-order valence-electron chi connectivity index (χ2n) is 5.74. The number of hydrogen-bond acceptors (Lipinski definition) is 6. The summed E-state index contributed by atoms with van der Waals surface area (Å²) in [5, 5.41) is 11.5. The zero-order valence-electron chi connectivity index (χ0n) is 14.7. The Bertz CT molecular complexity index is 714. The first kappa shape index (κ1) is 18.7. The fourth-order valence-corrected chi connectivity index (χ4v) is 3.92. The van der Waals surface area contributed by atoms with Crippen molar-refractivity contribution in [2.24, 2.45) is 0 Å². The van der Waals surface area contributed by atoms with E-state index in [0.29, 0.717) is 10.7 Å². The van der Waals surface area contributed by atoms with Crippen LogP contribution in [0.3, 0.4) is 0 Å². The van der Waals surface area contributed by atoms with Gasteiger partial charge in [0.15, 0.2) is 4.34 Å². The van der Waals surface area contributed by atoms with Gasteiger partial charge in [0.2, 0.25) is 5.13 Å². The zero-order chi connectivity index (χ0) is 17.7. The number of methoxy groups -OCH3 is 1. The molecule has 0 spiro atoms. The number of rotatable bonds is 7. The number of carbonyl (C=O) groups excluding carboxylic acids is 1. The molecule has 0 unspecified atom stereocenters. The van der Waals surface area contributed by atoms with Crippen LogP contribution in [0.5, 0.6) is 5.75 Å². The van der Waals surface area contributed by atoms with E-state index in [9.17, 15) is 4.79 Å². The predicted octanol–water partition coefficient (Wildman–Crippen LogP) is 4.73. The lowest BCUT2D eigenvalue weighted by atomic mass is 9.96. The van der Waals surface area contributed by atoms with Gasteiger partial charge in [0.25, 0.3) is 5.91 Å². The van der Waals surface area contributed by atoms with Crippen molar-refractivity contribution < 1.29 is 9.53 Å². The van der Waals surface area contributed by atoms with Crippen LogP contribution in [0.15, 0.2) is 16.5 Å². The number of thioether (sulfide) groups is 1. The Balaban J connectivity index is 2.20. The first-order valence-corrected chi connectivity index (χ1v) is 9.72. The molecule has 1 amide bonds. The van der Waals surface area contributed by atoms with E-state index in [2.05, 4.69) is 36.3 Å². The van der Waals surface area contributed by atoms with Gasteiger partial charge in [-0.3, -0.25) is 10.1 Å². The summed E-state index contributed by atoms with van der Waals surface area (Å²) in [5.74, 6) is 1.91. The zero-order valence-corrected chi connectivity index (χ0v) is 16.3. The molecule has 0 bridgehead atoms. The molecule has 5 nitrogen and oxygen atoms in total. The van der Waals surface area contributed by atoms with Gasteiger partial charge in [0, 0.05) is 11.3 Å². The van der Waals surface area contributed by atoms with Gasteiger partial charge in [-0.15, -0.1) is 10.2 Å². The third-order valence-electron chi connectivity index (χ3n) is 3.50. The summed E-state index contributed by atoms with van der Waals surface area (Å²) in [6.45, 7) is 8.19. The lowest BCUT2D eigenvalue weighted by Gasteiger charge is -2.15. The summed E-state index contributed by atoms with van der Waals surface area (Å²) < 4.78 is 6.30. The Morgan fingerprint density at radius 3 is 2.75 bits per heavy atom. The standard InChI is InChI=1S/C17H23N3O2S2/c1-6-7-23-17-20-19-16(24-17)18-15(21)13-9-12(10(2)3)14(22-5)8-11(13)4/h8-10H,6-7H2,1-5H3,(H,18,19,21). The molecular formula is C17H23N3O2S2. The van der Waals surface area contributed by atoms with Crippen molar-refractivity contribution in [1.29, 1.82) is 0 Å². The molecule has 0 aliphatic rings. The molecule has 7 heteroatoms. The molecule has 0 saturated heterocycles. The third-order valence-corrected chi connectivity index (χ3v) is 5.68. The summed E-state index contributed by atoms with van der Waals surface area (Å²) in [6, 6.07) is 3.81. The predicted molar refractivity (Wildman–Crippen MR) is 101 cm³/mol. The van der Waals surface area contributed by atoms with Gasteiger partial charge in [0.05, 0.1) is 7.11 Å². The monoisotopic (exact) mass is 365 g/mol. The Hall–Kier alpha value is -1.60. The van der Waals surface area contributed by atoms with E-state index < -0.39 is 0 Å². The van der Waals surface area contributed by atoms with Crippen molar-refractivity contribution in [3.05, 3.63) is 28.8 Å². The minimum absolute atomic E-state index is 0.166. The van der Waals surface area contributed by atoms with Crippen LogP contribution in [0.1, 0.15) is 54.6 Å². The van der Waals surface area contributed by atoms with Crippen molar-refractivity contribution in [2.75, 3.05) is 18.2 Å². The molecule has 0 radical (unpaired) electrons. The van der Waals surface area contributed by atoms with E-state index in [1.807, 2.05) is 19.1 Å². The highest BCUT2D eigenvalue weighted by Crippen LogP contribution is 2.31. The highest BCUT2D eigenvalue weighted by molar-refractivity contribution is 8.01. The Morgan fingerprint density at radius 1 is 1.38 bits per heavy atom. The van der Waals surface area contributed by atoms with E-state index in [4.69, 9.17) is 4.74 Å². The number of anilines is 1. The van der Waals surface area contributed by atoms with Crippen molar-refractivity contribution in [3.63, 3.8) is 0 Å². The number of ether oxygens (including phenoxy) is 1. The maximum absolute atomic E-state index is 12.6. The van der Waals surface area contributed by atoms with Crippen LogP contribution in [-0.4, -0.2) is 29.0 Å². The van der Waals surface area contributed by atoms with Crippen LogP contribution in [0, 0.1) is 6.92 Å². The smallest absolute Gasteiger partial charge is 0.257 e. The minimum atomic E-state index is -0.166. The lowest BCUT2D eigenvalue weighted by Crippen LogP contribution is -2.14. The topological polar surface area (TPSA) is 64.1 Å². The average Bonchev–Trinajstić information content (AvgIpc) is 2.99. The van der Waals surface area contributed by atoms with Crippen LogP contribution >= 0.6 is 23.1 Å². The molecule has 0 fully saturated rings. The van der Waals surface area contributed by atoms with Crippen LogP contribution in [-0.2, 0) is 0 Å². The van der Waals surface area contributed by atoms with Gasteiger partial charge in [-0.2, -0.15) is 0 Å². The SMILES string of the molecule is CCCSc1nnc(NC(=O)c2cc(C(C)C)c(OC)cc2C)s1.